The lowest BCUT2D eigenvalue weighted by atomic mass is 9.87. The van der Waals surface area contributed by atoms with Gasteiger partial charge in [-0.1, -0.05) is 27.2 Å². The SMILES string of the molecule is CCCC1CC1NC(=O)NCC(C)(C)CC(C)O. The van der Waals surface area contributed by atoms with Crippen molar-refractivity contribution in [3.8, 4) is 0 Å². The molecule has 0 aromatic rings. The zero-order valence-electron chi connectivity index (χ0n) is 12.1. The molecule has 0 spiro atoms. The van der Waals surface area contributed by atoms with E-state index in [9.17, 15) is 9.90 Å². The number of carbonyl (C=O) groups is 1. The molecular formula is C14H28N2O2. The molecule has 3 atom stereocenters. The van der Waals surface area contributed by atoms with Crippen LogP contribution in [0.2, 0.25) is 0 Å². The van der Waals surface area contributed by atoms with E-state index in [0.29, 0.717) is 24.9 Å². The Balaban J connectivity index is 2.17. The van der Waals surface area contributed by atoms with Gasteiger partial charge in [0.25, 0.3) is 0 Å². The lowest BCUT2D eigenvalue weighted by Crippen LogP contribution is -2.42. The number of carbonyl (C=O) groups excluding carboxylic acids is 1. The Labute approximate surface area is 111 Å². The molecule has 0 aliphatic heterocycles. The molecule has 3 unspecified atom stereocenters. The molecule has 3 N–H and O–H groups in total. The first-order chi connectivity index (χ1) is 8.34. The average molecular weight is 256 g/mol. The molecule has 0 heterocycles. The van der Waals surface area contributed by atoms with E-state index in [-0.39, 0.29) is 17.6 Å². The highest BCUT2D eigenvalue weighted by Gasteiger charge is 2.37. The second-order valence-electron chi connectivity index (χ2n) is 6.44. The minimum absolute atomic E-state index is 0.0716. The fourth-order valence-corrected chi connectivity index (χ4v) is 2.53. The summed E-state index contributed by atoms with van der Waals surface area (Å²) < 4.78 is 0. The van der Waals surface area contributed by atoms with Gasteiger partial charge in [0.05, 0.1) is 6.10 Å². The van der Waals surface area contributed by atoms with Gasteiger partial charge in [0.15, 0.2) is 0 Å². The molecule has 18 heavy (non-hydrogen) atoms. The van der Waals surface area contributed by atoms with Crippen molar-refractivity contribution in [3.05, 3.63) is 0 Å². The summed E-state index contributed by atoms with van der Waals surface area (Å²) >= 11 is 0. The molecule has 1 aliphatic rings. The van der Waals surface area contributed by atoms with Crippen LogP contribution in [-0.2, 0) is 0 Å². The molecule has 4 nitrogen and oxygen atoms in total. The van der Waals surface area contributed by atoms with Crippen molar-refractivity contribution < 1.29 is 9.90 Å². The molecular weight excluding hydrogens is 228 g/mol. The lowest BCUT2D eigenvalue weighted by molar-refractivity contribution is 0.129. The molecule has 0 radical (unpaired) electrons. The third-order valence-corrected chi connectivity index (χ3v) is 3.47. The van der Waals surface area contributed by atoms with Gasteiger partial charge in [0, 0.05) is 12.6 Å². The smallest absolute Gasteiger partial charge is 0.315 e. The molecule has 0 aromatic heterocycles. The highest BCUT2D eigenvalue weighted by atomic mass is 16.3. The van der Waals surface area contributed by atoms with E-state index < -0.39 is 0 Å². The van der Waals surface area contributed by atoms with E-state index in [4.69, 9.17) is 0 Å². The summed E-state index contributed by atoms with van der Waals surface area (Å²) in [6.45, 7) is 8.65. The maximum atomic E-state index is 11.7. The predicted molar refractivity (Wildman–Crippen MR) is 73.4 cm³/mol. The van der Waals surface area contributed by atoms with Crippen LogP contribution in [0.15, 0.2) is 0 Å². The predicted octanol–water partition coefficient (Wildman–Crippen LogP) is 2.27. The Kier molecular flexibility index (Phi) is 5.45. The van der Waals surface area contributed by atoms with Crippen LogP contribution in [0, 0.1) is 11.3 Å². The van der Waals surface area contributed by atoms with E-state index in [1.807, 2.05) is 0 Å². The first-order valence-electron chi connectivity index (χ1n) is 7.06. The monoisotopic (exact) mass is 256 g/mol. The van der Waals surface area contributed by atoms with Crippen LogP contribution in [0.3, 0.4) is 0 Å². The maximum Gasteiger partial charge on any atom is 0.315 e. The van der Waals surface area contributed by atoms with E-state index in [1.165, 1.54) is 12.8 Å². The summed E-state index contributed by atoms with van der Waals surface area (Å²) in [5.41, 5.74) is -0.0716. The Morgan fingerprint density at radius 2 is 2.17 bits per heavy atom. The number of aliphatic hydroxyl groups is 1. The molecule has 0 bridgehead atoms. The highest BCUT2D eigenvalue weighted by molar-refractivity contribution is 5.74. The molecule has 1 saturated carbocycles. The zero-order valence-corrected chi connectivity index (χ0v) is 12.1. The van der Waals surface area contributed by atoms with E-state index in [1.54, 1.807) is 6.92 Å². The summed E-state index contributed by atoms with van der Waals surface area (Å²) in [4.78, 5) is 11.7. The van der Waals surface area contributed by atoms with Crippen LogP contribution in [0.25, 0.3) is 0 Å². The second-order valence-corrected chi connectivity index (χ2v) is 6.44. The minimum atomic E-state index is -0.331. The summed E-state index contributed by atoms with van der Waals surface area (Å²) in [6.07, 6.45) is 3.87. The van der Waals surface area contributed by atoms with Crippen LogP contribution >= 0.6 is 0 Å². The van der Waals surface area contributed by atoms with Gasteiger partial charge in [0.1, 0.15) is 0 Å². The van der Waals surface area contributed by atoms with Crippen molar-refractivity contribution in [1.29, 1.82) is 0 Å². The van der Waals surface area contributed by atoms with Gasteiger partial charge in [-0.15, -0.1) is 0 Å². The van der Waals surface area contributed by atoms with Crippen molar-refractivity contribution in [3.63, 3.8) is 0 Å². The Morgan fingerprint density at radius 3 is 2.72 bits per heavy atom. The van der Waals surface area contributed by atoms with Crippen molar-refractivity contribution in [2.45, 2.75) is 65.5 Å². The minimum Gasteiger partial charge on any atom is -0.393 e. The fourth-order valence-electron chi connectivity index (χ4n) is 2.53. The van der Waals surface area contributed by atoms with Crippen LogP contribution < -0.4 is 10.6 Å². The number of urea groups is 1. The first kappa shape index (κ1) is 15.3. The second kappa shape index (κ2) is 6.41. The molecule has 0 aromatic carbocycles. The van der Waals surface area contributed by atoms with Gasteiger partial charge in [-0.05, 0) is 37.5 Å². The number of nitrogens with one attached hydrogen (secondary N) is 2. The van der Waals surface area contributed by atoms with Crippen LogP contribution in [0.5, 0.6) is 0 Å². The molecule has 1 fully saturated rings. The molecule has 2 amide bonds. The highest BCUT2D eigenvalue weighted by Crippen LogP contribution is 2.34. The van der Waals surface area contributed by atoms with Crippen molar-refractivity contribution in [2.75, 3.05) is 6.54 Å². The lowest BCUT2D eigenvalue weighted by Gasteiger charge is -2.26. The molecule has 4 heteroatoms. The van der Waals surface area contributed by atoms with Crippen molar-refractivity contribution in [2.24, 2.45) is 11.3 Å². The largest absolute Gasteiger partial charge is 0.393 e. The van der Waals surface area contributed by atoms with Crippen molar-refractivity contribution >= 4 is 6.03 Å². The number of rotatable bonds is 7. The van der Waals surface area contributed by atoms with Gasteiger partial charge in [0.2, 0.25) is 0 Å². The van der Waals surface area contributed by atoms with Gasteiger partial charge in [-0.2, -0.15) is 0 Å². The van der Waals surface area contributed by atoms with Crippen LogP contribution in [0.4, 0.5) is 4.79 Å². The average Bonchev–Trinajstić information content (AvgIpc) is 2.92. The normalized spacial score (nSPS) is 24.5. The summed E-state index contributed by atoms with van der Waals surface area (Å²) in [5.74, 6) is 0.686. The third-order valence-electron chi connectivity index (χ3n) is 3.47. The quantitative estimate of drug-likeness (QED) is 0.654. The Bertz CT molecular complexity index is 277. The fraction of sp³-hybridized carbons (Fsp3) is 0.929. The van der Waals surface area contributed by atoms with Gasteiger partial charge in [-0.25, -0.2) is 4.79 Å². The Hall–Kier alpha value is -0.770. The summed E-state index contributed by atoms with van der Waals surface area (Å²) in [7, 11) is 0. The number of aliphatic hydroxyl groups excluding tert-OH is 1. The Morgan fingerprint density at radius 1 is 1.50 bits per heavy atom. The summed E-state index contributed by atoms with van der Waals surface area (Å²) in [5, 5.41) is 15.3. The van der Waals surface area contributed by atoms with Crippen LogP contribution in [0.1, 0.15) is 53.4 Å². The molecule has 1 rings (SSSR count). The topological polar surface area (TPSA) is 61.4 Å². The standard InChI is InChI=1S/C14H28N2O2/c1-5-6-11-7-12(11)16-13(18)15-9-14(3,4)8-10(2)17/h10-12,17H,5-9H2,1-4H3,(H2,15,16,18). The van der Waals surface area contributed by atoms with Gasteiger partial charge in [-0.3, -0.25) is 0 Å². The summed E-state index contributed by atoms with van der Waals surface area (Å²) in [6, 6.07) is 0.307. The molecule has 1 aliphatic carbocycles. The van der Waals surface area contributed by atoms with Gasteiger partial charge >= 0.3 is 6.03 Å². The third kappa shape index (κ3) is 5.71. The van der Waals surface area contributed by atoms with Crippen LogP contribution in [-0.4, -0.2) is 29.8 Å². The maximum absolute atomic E-state index is 11.7. The number of amides is 2. The van der Waals surface area contributed by atoms with E-state index >= 15 is 0 Å². The van der Waals surface area contributed by atoms with E-state index in [0.717, 1.165) is 6.42 Å². The molecule has 106 valence electrons. The molecule has 0 saturated heterocycles. The van der Waals surface area contributed by atoms with Gasteiger partial charge < -0.3 is 15.7 Å². The van der Waals surface area contributed by atoms with E-state index in [2.05, 4.69) is 31.4 Å². The number of hydrogen-bond acceptors (Lipinski definition) is 2. The number of hydrogen-bond donors (Lipinski definition) is 3. The zero-order chi connectivity index (χ0) is 13.8. The first-order valence-corrected chi connectivity index (χ1v) is 7.06. The van der Waals surface area contributed by atoms with Crippen molar-refractivity contribution in [1.82, 2.24) is 10.6 Å².